The van der Waals surface area contributed by atoms with Gasteiger partial charge in [-0.25, -0.2) is 9.97 Å². The van der Waals surface area contributed by atoms with Crippen LogP contribution in [0, 0.1) is 11.3 Å². The second-order valence-electron chi connectivity index (χ2n) is 5.31. The number of nitrogens with zero attached hydrogens (tertiary/aromatic N) is 4. The van der Waals surface area contributed by atoms with E-state index in [9.17, 15) is 13.2 Å². The molecule has 0 radical (unpaired) electrons. The van der Waals surface area contributed by atoms with Crippen molar-refractivity contribution in [3.05, 3.63) is 41.6 Å². The molecule has 3 rings (SSSR count). The number of pyridine rings is 1. The van der Waals surface area contributed by atoms with Crippen molar-refractivity contribution in [2.75, 3.05) is 5.75 Å². The zero-order valence-corrected chi connectivity index (χ0v) is 14.2. The van der Waals surface area contributed by atoms with Crippen LogP contribution >= 0.6 is 11.8 Å². The molecular formula is C17H13F3N4S. The number of aromatic nitrogens is 3. The van der Waals surface area contributed by atoms with E-state index in [4.69, 9.17) is 5.26 Å². The van der Waals surface area contributed by atoms with E-state index in [-0.39, 0.29) is 5.52 Å². The van der Waals surface area contributed by atoms with Crippen molar-refractivity contribution >= 4 is 22.9 Å². The molecular weight excluding hydrogens is 349 g/mol. The van der Waals surface area contributed by atoms with Crippen LogP contribution < -0.4 is 0 Å². The first-order valence-corrected chi connectivity index (χ1v) is 8.40. The molecule has 128 valence electrons. The van der Waals surface area contributed by atoms with Crippen LogP contribution in [0.1, 0.15) is 18.1 Å². The number of benzene rings is 1. The highest BCUT2D eigenvalue weighted by Crippen LogP contribution is 2.34. The van der Waals surface area contributed by atoms with E-state index in [0.717, 1.165) is 28.5 Å². The summed E-state index contributed by atoms with van der Waals surface area (Å²) >= 11 is 1.55. The molecule has 1 aromatic carbocycles. The molecule has 0 aliphatic rings. The Balaban J connectivity index is 2.19. The summed E-state index contributed by atoms with van der Waals surface area (Å²) in [6, 6.07) is 8.29. The molecule has 0 unspecified atom stereocenters. The fourth-order valence-corrected chi connectivity index (χ4v) is 3.36. The van der Waals surface area contributed by atoms with E-state index >= 15 is 0 Å². The van der Waals surface area contributed by atoms with Crippen LogP contribution in [-0.2, 0) is 13.2 Å². The lowest BCUT2D eigenvalue weighted by Crippen LogP contribution is -2.05. The lowest BCUT2D eigenvalue weighted by atomic mass is 10.1. The molecule has 0 fully saturated rings. The average Bonchev–Trinajstić information content (AvgIpc) is 2.90. The summed E-state index contributed by atoms with van der Waals surface area (Å²) in [4.78, 5) is 9.14. The van der Waals surface area contributed by atoms with Gasteiger partial charge in [-0.15, -0.1) is 11.8 Å². The summed E-state index contributed by atoms with van der Waals surface area (Å²) in [6.07, 6.45) is -3.65. The molecule has 0 saturated heterocycles. The Kier molecular flexibility index (Phi) is 4.43. The van der Waals surface area contributed by atoms with Crippen molar-refractivity contribution in [3.63, 3.8) is 0 Å². The fourth-order valence-electron chi connectivity index (χ4n) is 2.52. The molecule has 0 aliphatic heterocycles. The summed E-state index contributed by atoms with van der Waals surface area (Å²) in [5.41, 5.74) is 1.02. The van der Waals surface area contributed by atoms with Crippen molar-refractivity contribution in [2.24, 2.45) is 7.05 Å². The summed E-state index contributed by atoms with van der Waals surface area (Å²) in [6.45, 7) is 1.99. The number of alkyl halides is 3. The Hall–Kier alpha value is -2.53. The van der Waals surface area contributed by atoms with Crippen LogP contribution in [-0.4, -0.2) is 20.3 Å². The van der Waals surface area contributed by atoms with Gasteiger partial charge >= 0.3 is 6.18 Å². The predicted octanol–water partition coefficient (Wildman–Crippen LogP) is 4.64. The highest BCUT2D eigenvalue weighted by molar-refractivity contribution is 7.99. The van der Waals surface area contributed by atoms with Gasteiger partial charge in [0, 0.05) is 23.7 Å². The van der Waals surface area contributed by atoms with Crippen LogP contribution in [0.25, 0.3) is 22.6 Å². The maximum Gasteiger partial charge on any atom is 0.417 e. The van der Waals surface area contributed by atoms with E-state index in [1.165, 1.54) is 0 Å². The second-order valence-corrected chi connectivity index (χ2v) is 6.62. The fraction of sp³-hybridized carbons (Fsp3) is 0.235. The minimum absolute atomic E-state index is 0.184. The number of thioether (sulfide) groups is 1. The average molecular weight is 362 g/mol. The maximum atomic E-state index is 12.9. The van der Waals surface area contributed by atoms with Gasteiger partial charge in [0.1, 0.15) is 11.3 Å². The standard InChI is InChI=1S/C17H13F3N4S/c1-3-25-14-6-10(8-21)4-5-12(14)15-23-13-7-11(17(18,19)20)9-22-16(13)24(15)2/h4-7,9H,3H2,1-2H3. The minimum Gasteiger partial charge on any atom is -0.312 e. The molecule has 0 aliphatic carbocycles. The minimum atomic E-state index is -4.46. The Morgan fingerprint density at radius 2 is 2.04 bits per heavy atom. The number of halogens is 3. The number of hydrogen-bond donors (Lipinski definition) is 0. The summed E-state index contributed by atoms with van der Waals surface area (Å²) in [5.74, 6) is 1.31. The first kappa shape index (κ1) is 17.3. The van der Waals surface area contributed by atoms with E-state index in [1.54, 1.807) is 41.6 Å². The largest absolute Gasteiger partial charge is 0.417 e. The van der Waals surface area contributed by atoms with Gasteiger partial charge in [-0.2, -0.15) is 18.4 Å². The number of fused-ring (bicyclic) bond motifs is 1. The molecule has 25 heavy (non-hydrogen) atoms. The number of rotatable bonds is 3. The number of nitriles is 1. The van der Waals surface area contributed by atoms with E-state index in [1.807, 2.05) is 6.92 Å². The van der Waals surface area contributed by atoms with Gasteiger partial charge < -0.3 is 4.57 Å². The van der Waals surface area contributed by atoms with Crippen molar-refractivity contribution < 1.29 is 13.2 Å². The van der Waals surface area contributed by atoms with Crippen LogP contribution in [0.3, 0.4) is 0 Å². The Morgan fingerprint density at radius 1 is 1.28 bits per heavy atom. The van der Waals surface area contributed by atoms with Crippen molar-refractivity contribution in [1.82, 2.24) is 14.5 Å². The molecule has 2 heterocycles. The molecule has 0 bridgehead atoms. The van der Waals surface area contributed by atoms with E-state index in [2.05, 4.69) is 16.0 Å². The first-order valence-electron chi connectivity index (χ1n) is 7.42. The number of aryl methyl sites for hydroxylation is 1. The third-order valence-corrected chi connectivity index (χ3v) is 4.63. The number of hydrogen-bond acceptors (Lipinski definition) is 4. The van der Waals surface area contributed by atoms with Gasteiger partial charge in [-0.3, -0.25) is 0 Å². The SMILES string of the molecule is CCSc1cc(C#N)ccc1-c1nc2cc(C(F)(F)F)cnc2n1C. The van der Waals surface area contributed by atoms with Gasteiger partial charge in [0.15, 0.2) is 5.65 Å². The van der Waals surface area contributed by atoms with Gasteiger partial charge in [0.05, 0.1) is 17.2 Å². The van der Waals surface area contributed by atoms with Crippen molar-refractivity contribution in [3.8, 4) is 17.5 Å². The smallest absolute Gasteiger partial charge is 0.312 e. The molecule has 0 spiro atoms. The maximum absolute atomic E-state index is 12.9. The van der Waals surface area contributed by atoms with Gasteiger partial charge in [-0.05, 0) is 30.0 Å². The van der Waals surface area contributed by atoms with Gasteiger partial charge in [-0.1, -0.05) is 6.92 Å². The molecule has 0 N–H and O–H groups in total. The lowest BCUT2D eigenvalue weighted by molar-refractivity contribution is -0.137. The second kappa shape index (κ2) is 6.41. The molecule has 0 amide bonds. The third kappa shape index (κ3) is 3.20. The van der Waals surface area contributed by atoms with Crippen LogP contribution in [0.15, 0.2) is 35.4 Å². The van der Waals surface area contributed by atoms with Crippen molar-refractivity contribution in [1.29, 1.82) is 5.26 Å². The van der Waals surface area contributed by atoms with Gasteiger partial charge in [0.25, 0.3) is 0 Å². The molecule has 2 aromatic heterocycles. The van der Waals surface area contributed by atoms with E-state index in [0.29, 0.717) is 17.0 Å². The molecule has 0 atom stereocenters. The quantitative estimate of drug-likeness (QED) is 0.637. The zero-order valence-electron chi connectivity index (χ0n) is 13.4. The Bertz CT molecular complexity index is 986. The first-order chi connectivity index (χ1) is 11.8. The number of imidazole rings is 1. The summed E-state index contributed by atoms with van der Waals surface area (Å²) in [7, 11) is 1.71. The summed E-state index contributed by atoms with van der Waals surface area (Å²) in [5, 5.41) is 9.07. The third-order valence-electron chi connectivity index (χ3n) is 3.69. The van der Waals surface area contributed by atoms with Crippen molar-refractivity contribution in [2.45, 2.75) is 18.0 Å². The summed E-state index contributed by atoms with van der Waals surface area (Å²) < 4.78 is 40.3. The topological polar surface area (TPSA) is 54.5 Å². The van der Waals surface area contributed by atoms with Crippen LogP contribution in [0.4, 0.5) is 13.2 Å². The normalized spacial score (nSPS) is 11.7. The molecule has 8 heteroatoms. The highest BCUT2D eigenvalue weighted by Gasteiger charge is 2.31. The van der Waals surface area contributed by atoms with E-state index < -0.39 is 11.7 Å². The lowest BCUT2D eigenvalue weighted by Gasteiger charge is -2.09. The molecule has 3 aromatic rings. The molecule has 0 saturated carbocycles. The zero-order chi connectivity index (χ0) is 18.2. The highest BCUT2D eigenvalue weighted by atomic mass is 32.2. The van der Waals surface area contributed by atoms with Crippen LogP contribution in [0.5, 0.6) is 0 Å². The monoisotopic (exact) mass is 362 g/mol. The molecule has 4 nitrogen and oxygen atoms in total. The Morgan fingerprint density at radius 3 is 2.68 bits per heavy atom. The predicted molar refractivity (Wildman–Crippen MR) is 90.1 cm³/mol. The van der Waals surface area contributed by atoms with Crippen LogP contribution in [0.2, 0.25) is 0 Å². The Labute approximate surface area is 146 Å². The van der Waals surface area contributed by atoms with Gasteiger partial charge in [0.2, 0.25) is 0 Å².